The number of nitrogens with one attached hydrogen (secondary N) is 1. The average molecular weight is 274 g/mol. The van der Waals surface area contributed by atoms with Crippen LogP contribution in [-0.4, -0.2) is 65.9 Å². The van der Waals surface area contributed by atoms with Crippen LogP contribution in [0.4, 0.5) is 0 Å². The smallest absolute Gasteiger partial charge is 0.280 e. The maximum absolute atomic E-state index is 12.1. The third-order valence-corrected chi connectivity index (χ3v) is 3.80. The second-order valence-corrected chi connectivity index (χ2v) is 5.11. The van der Waals surface area contributed by atoms with Crippen LogP contribution in [0.2, 0.25) is 0 Å². The number of hydrogen-bond acceptors (Lipinski definition) is 5. The minimum Gasteiger partial charge on any atom is -0.314 e. The molecule has 3 rings (SSSR count). The molecule has 1 aromatic rings. The monoisotopic (exact) mass is 274 g/mol. The Labute approximate surface area is 117 Å². The van der Waals surface area contributed by atoms with Crippen LogP contribution in [0.15, 0.2) is 18.3 Å². The molecule has 20 heavy (non-hydrogen) atoms. The first-order valence-corrected chi connectivity index (χ1v) is 7.01. The minimum absolute atomic E-state index is 0.210. The third kappa shape index (κ3) is 2.44. The summed E-state index contributed by atoms with van der Waals surface area (Å²) in [5.41, 5.74) is 0.722. The van der Waals surface area contributed by atoms with Crippen LogP contribution >= 0.6 is 0 Å². The number of fused-ring (bicyclic) bond motifs is 1. The lowest BCUT2D eigenvalue weighted by Crippen LogP contribution is -2.44. The lowest BCUT2D eigenvalue weighted by Gasteiger charge is -2.27. The summed E-state index contributed by atoms with van der Waals surface area (Å²) in [6, 6.07) is 3.35. The van der Waals surface area contributed by atoms with Crippen LogP contribution in [-0.2, 0) is 0 Å². The number of imide groups is 1. The Balaban J connectivity index is 1.56. The van der Waals surface area contributed by atoms with Crippen molar-refractivity contribution in [2.75, 3.05) is 39.3 Å². The van der Waals surface area contributed by atoms with Gasteiger partial charge in [-0.3, -0.25) is 19.5 Å². The Hall–Kier alpha value is -1.79. The van der Waals surface area contributed by atoms with Crippen molar-refractivity contribution in [1.29, 1.82) is 0 Å². The molecule has 1 saturated heterocycles. The summed E-state index contributed by atoms with van der Waals surface area (Å²) in [4.78, 5) is 31.9. The summed E-state index contributed by atoms with van der Waals surface area (Å²) in [6.07, 6.45) is 2.36. The zero-order chi connectivity index (χ0) is 13.9. The highest BCUT2D eigenvalue weighted by atomic mass is 16.2. The highest BCUT2D eigenvalue weighted by Crippen LogP contribution is 2.20. The van der Waals surface area contributed by atoms with Gasteiger partial charge in [0.25, 0.3) is 11.8 Å². The number of hydrogen-bond donors (Lipinski definition) is 1. The predicted molar refractivity (Wildman–Crippen MR) is 73.5 cm³/mol. The number of nitrogens with zero attached hydrogens (tertiary/aromatic N) is 3. The Bertz CT molecular complexity index is 491. The van der Waals surface area contributed by atoms with Gasteiger partial charge < -0.3 is 10.2 Å². The molecule has 6 nitrogen and oxygen atoms in total. The Kier molecular flexibility index (Phi) is 3.75. The fourth-order valence-corrected chi connectivity index (χ4v) is 2.70. The summed E-state index contributed by atoms with van der Waals surface area (Å²) in [6.45, 7) is 5.47. The second-order valence-electron chi connectivity index (χ2n) is 5.11. The number of aromatic nitrogens is 1. The van der Waals surface area contributed by atoms with Gasteiger partial charge in [-0.25, -0.2) is 0 Å². The molecule has 2 amide bonds. The number of amides is 2. The van der Waals surface area contributed by atoms with E-state index in [0.717, 1.165) is 39.1 Å². The normalized spacial score (nSPS) is 19.5. The van der Waals surface area contributed by atoms with E-state index in [0.29, 0.717) is 17.8 Å². The maximum atomic E-state index is 12.1. The van der Waals surface area contributed by atoms with Crippen LogP contribution in [0.25, 0.3) is 0 Å². The van der Waals surface area contributed by atoms with E-state index in [1.165, 1.54) is 4.90 Å². The number of pyridine rings is 1. The Morgan fingerprint density at radius 1 is 1.15 bits per heavy atom. The third-order valence-electron chi connectivity index (χ3n) is 3.80. The summed E-state index contributed by atoms with van der Waals surface area (Å²) in [5.74, 6) is -0.468. The molecule has 2 aliphatic rings. The van der Waals surface area contributed by atoms with Crippen molar-refractivity contribution in [3.05, 3.63) is 29.6 Å². The Morgan fingerprint density at radius 2 is 1.95 bits per heavy atom. The van der Waals surface area contributed by atoms with Gasteiger partial charge in [-0.1, -0.05) is 0 Å². The van der Waals surface area contributed by atoms with E-state index < -0.39 is 0 Å². The molecule has 0 bridgehead atoms. The van der Waals surface area contributed by atoms with E-state index in [1.807, 2.05) is 0 Å². The van der Waals surface area contributed by atoms with E-state index in [-0.39, 0.29) is 11.8 Å². The van der Waals surface area contributed by atoms with Crippen LogP contribution in [0.1, 0.15) is 27.3 Å². The molecule has 0 saturated carbocycles. The van der Waals surface area contributed by atoms with Crippen molar-refractivity contribution in [3.63, 3.8) is 0 Å². The van der Waals surface area contributed by atoms with Crippen molar-refractivity contribution in [1.82, 2.24) is 20.1 Å². The summed E-state index contributed by atoms with van der Waals surface area (Å²) < 4.78 is 0. The van der Waals surface area contributed by atoms with Crippen molar-refractivity contribution in [2.24, 2.45) is 0 Å². The summed E-state index contributed by atoms with van der Waals surface area (Å²) in [5, 5.41) is 3.30. The van der Waals surface area contributed by atoms with Crippen LogP contribution < -0.4 is 5.32 Å². The van der Waals surface area contributed by atoms with E-state index in [9.17, 15) is 9.59 Å². The van der Waals surface area contributed by atoms with Gasteiger partial charge in [0.15, 0.2) is 0 Å². The lowest BCUT2D eigenvalue weighted by atomic mass is 10.2. The lowest BCUT2D eigenvalue weighted by molar-refractivity contribution is 0.0644. The second kappa shape index (κ2) is 5.68. The fraction of sp³-hybridized carbons (Fsp3) is 0.500. The molecule has 3 heterocycles. The first-order chi connectivity index (χ1) is 9.77. The number of rotatable bonds is 4. The quantitative estimate of drug-likeness (QED) is 0.781. The van der Waals surface area contributed by atoms with Gasteiger partial charge in [0.2, 0.25) is 0 Å². The van der Waals surface area contributed by atoms with Gasteiger partial charge in [-0.2, -0.15) is 0 Å². The van der Waals surface area contributed by atoms with E-state index in [1.54, 1.807) is 18.3 Å². The van der Waals surface area contributed by atoms with Crippen molar-refractivity contribution < 1.29 is 9.59 Å². The topological polar surface area (TPSA) is 65.5 Å². The first-order valence-electron chi connectivity index (χ1n) is 7.01. The molecule has 0 spiro atoms. The standard InChI is InChI=1S/C14H18N4O2/c19-13-11-3-1-4-16-12(11)14(20)18(13)8-2-7-17-9-5-15-6-10-17/h1,3-4,15H,2,5-10H2. The molecule has 2 aliphatic heterocycles. The zero-order valence-electron chi connectivity index (χ0n) is 11.3. The van der Waals surface area contributed by atoms with Crippen molar-refractivity contribution in [3.8, 4) is 0 Å². The number of piperazine rings is 1. The molecular formula is C14H18N4O2. The van der Waals surface area contributed by atoms with Crippen molar-refractivity contribution in [2.45, 2.75) is 6.42 Å². The molecule has 6 heteroatoms. The molecular weight excluding hydrogens is 256 g/mol. The molecule has 0 radical (unpaired) electrons. The minimum atomic E-state index is -0.258. The maximum Gasteiger partial charge on any atom is 0.280 e. The molecule has 1 aromatic heterocycles. The van der Waals surface area contributed by atoms with Gasteiger partial charge >= 0.3 is 0 Å². The van der Waals surface area contributed by atoms with Gasteiger partial charge in [-0.15, -0.1) is 0 Å². The van der Waals surface area contributed by atoms with E-state index >= 15 is 0 Å². The predicted octanol–water partition coefficient (Wildman–Crippen LogP) is -0.0271. The molecule has 1 N–H and O–H groups in total. The molecule has 1 fully saturated rings. The molecule has 0 unspecified atom stereocenters. The number of carbonyl (C=O) groups excluding carboxylic acids is 2. The SMILES string of the molecule is O=C1c2cccnc2C(=O)N1CCCN1CCNCC1. The molecule has 0 atom stereocenters. The summed E-state index contributed by atoms with van der Waals surface area (Å²) >= 11 is 0. The largest absolute Gasteiger partial charge is 0.314 e. The highest BCUT2D eigenvalue weighted by Gasteiger charge is 2.36. The first kappa shape index (κ1) is 13.2. The van der Waals surface area contributed by atoms with Gasteiger partial charge in [0.05, 0.1) is 5.56 Å². The molecule has 0 aliphatic carbocycles. The van der Waals surface area contributed by atoms with Gasteiger partial charge in [0, 0.05) is 38.9 Å². The van der Waals surface area contributed by atoms with Crippen molar-refractivity contribution >= 4 is 11.8 Å². The van der Waals surface area contributed by atoms with Crippen LogP contribution in [0.5, 0.6) is 0 Å². The van der Waals surface area contributed by atoms with Gasteiger partial charge in [0.1, 0.15) is 5.69 Å². The average Bonchev–Trinajstić information content (AvgIpc) is 2.74. The highest BCUT2D eigenvalue weighted by molar-refractivity contribution is 6.20. The van der Waals surface area contributed by atoms with E-state index in [2.05, 4.69) is 15.2 Å². The van der Waals surface area contributed by atoms with Crippen LogP contribution in [0.3, 0.4) is 0 Å². The van der Waals surface area contributed by atoms with E-state index in [4.69, 9.17) is 0 Å². The fourth-order valence-electron chi connectivity index (χ4n) is 2.70. The Morgan fingerprint density at radius 3 is 2.70 bits per heavy atom. The molecule has 0 aromatic carbocycles. The van der Waals surface area contributed by atoms with Crippen LogP contribution in [0, 0.1) is 0 Å². The molecule has 106 valence electrons. The summed E-state index contributed by atoms with van der Waals surface area (Å²) in [7, 11) is 0. The zero-order valence-corrected chi connectivity index (χ0v) is 11.3. The number of carbonyl (C=O) groups is 2. The van der Waals surface area contributed by atoms with Gasteiger partial charge in [-0.05, 0) is 25.1 Å².